The van der Waals surface area contributed by atoms with Crippen molar-refractivity contribution in [2.24, 2.45) is 5.10 Å². The predicted molar refractivity (Wildman–Crippen MR) is 118 cm³/mol. The lowest BCUT2D eigenvalue weighted by molar-refractivity contribution is -0.124. The Morgan fingerprint density at radius 2 is 1.83 bits per heavy atom. The number of nitrogens with zero attached hydrogens (tertiary/aromatic N) is 1. The quantitative estimate of drug-likeness (QED) is 0.407. The van der Waals surface area contributed by atoms with Crippen molar-refractivity contribution >= 4 is 35.3 Å². The number of halogens is 1. The van der Waals surface area contributed by atoms with E-state index >= 15 is 0 Å². The number of carbonyl (C=O) groups excluding carboxylic acids is 2. The summed E-state index contributed by atoms with van der Waals surface area (Å²) < 4.78 is 11.3. The lowest BCUT2D eigenvalue weighted by Gasteiger charge is -2.11. The second-order valence-electron chi connectivity index (χ2n) is 6.34. The Kier molecular flexibility index (Phi) is 9.67. The number of hydrogen-bond donors (Lipinski definition) is 2. The Labute approximate surface area is 181 Å². The third-order valence-electron chi connectivity index (χ3n) is 3.82. The van der Waals surface area contributed by atoms with Gasteiger partial charge in [-0.2, -0.15) is 5.10 Å². The molecule has 2 aromatic rings. The van der Waals surface area contributed by atoms with E-state index in [1.54, 1.807) is 30.3 Å². The summed E-state index contributed by atoms with van der Waals surface area (Å²) in [6.07, 6.45) is 2.46. The van der Waals surface area contributed by atoms with Gasteiger partial charge < -0.3 is 14.8 Å². The molecule has 0 bridgehead atoms. The lowest BCUT2D eigenvalue weighted by Crippen LogP contribution is -2.20. The minimum atomic E-state index is -0.361. The molecule has 30 heavy (non-hydrogen) atoms. The molecule has 0 unspecified atom stereocenters. The van der Waals surface area contributed by atoms with Crippen LogP contribution in [0.1, 0.15) is 38.7 Å². The molecule has 0 saturated heterocycles. The number of rotatable bonds is 11. The van der Waals surface area contributed by atoms with Gasteiger partial charge in [-0.25, -0.2) is 5.43 Å². The molecule has 0 spiro atoms. The average Bonchev–Trinajstić information content (AvgIpc) is 2.72. The van der Waals surface area contributed by atoms with Crippen molar-refractivity contribution in [2.75, 3.05) is 18.5 Å². The number of hydrogen-bond acceptors (Lipinski definition) is 5. The van der Waals surface area contributed by atoms with Crippen molar-refractivity contribution in [2.45, 2.75) is 33.1 Å². The molecule has 0 aliphatic carbocycles. The minimum absolute atomic E-state index is 0.0116. The van der Waals surface area contributed by atoms with Crippen molar-refractivity contribution in [3.05, 3.63) is 53.1 Å². The first-order valence-corrected chi connectivity index (χ1v) is 10.2. The summed E-state index contributed by atoms with van der Waals surface area (Å²) in [6.45, 7) is 5.05. The van der Waals surface area contributed by atoms with Crippen LogP contribution in [0.3, 0.4) is 0 Å². The van der Waals surface area contributed by atoms with Crippen LogP contribution in [0.15, 0.2) is 47.6 Å². The molecule has 0 saturated carbocycles. The van der Waals surface area contributed by atoms with Crippen LogP contribution in [-0.4, -0.2) is 31.2 Å². The second kappa shape index (κ2) is 12.5. The summed E-state index contributed by atoms with van der Waals surface area (Å²) in [5.41, 5.74) is 3.75. The first-order valence-electron chi connectivity index (χ1n) is 9.78. The maximum atomic E-state index is 11.9. The Hall–Kier alpha value is -3.06. The molecule has 8 heteroatoms. The largest absolute Gasteiger partial charge is 0.490 e. The van der Waals surface area contributed by atoms with Crippen molar-refractivity contribution in [1.82, 2.24) is 5.43 Å². The molecule has 2 amide bonds. The van der Waals surface area contributed by atoms with E-state index in [4.69, 9.17) is 21.1 Å². The molecule has 2 rings (SSSR count). The predicted octanol–water partition coefficient (Wildman–Crippen LogP) is 4.40. The molecule has 0 radical (unpaired) electrons. The summed E-state index contributed by atoms with van der Waals surface area (Å²) in [6, 6.07) is 12.2. The summed E-state index contributed by atoms with van der Waals surface area (Å²) in [5.74, 6) is 0.658. The van der Waals surface area contributed by atoms with Crippen LogP contribution < -0.4 is 20.2 Å². The maximum Gasteiger partial charge on any atom is 0.240 e. The molecule has 7 nitrogen and oxygen atoms in total. The average molecular weight is 432 g/mol. The van der Waals surface area contributed by atoms with Crippen molar-refractivity contribution in [1.29, 1.82) is 0 Å². The number of carbonyl (C=O) groups is 2. The Bertz CT molecular complexity index is 886. The third kappa shape index (κ3) is 8.13. The van der Waals surface area contributed by atoms with Gasteiger partial charge in [0.2, 0.25) is 11.8 Å². The SMILES string of the molecule is CCCOc1ccc(C=NNC(=O)CCC(=O)Nc2cccc(Cl)c2)cc1OCC. The van der Waals surface area contributed by atoms with E-state index in [0.29, 0.717) is 35.4 Å². The van der Waals surface area contributed by atoms with Crippen LogP contribution in [0.25, 0.3) is 0 Å². The monoisotopic (exact) mass is 431 g/mol. The van der Waals surface area contributed by atoms with Gasteiger partial charge in [0.05, 0.1) is 19.4 Å². The molecule has 0 atom stereocenters. The van der Waals surface area contributed by atoms with E-state index in [9.17, 15) is 9.59 Å². The molecule has 0 heterocycles. The zero-order valence-corrected chi connectivity index (χ0v) is 17.9. The van der Waals surface area contributed by atoms with Gasteiger partial charge in [-0.15, -0.1) is 0 Å². The molecule has 2 N–H and O–H groups in total. The highest BCUT2D eigenvalue weighted by Gasteiger charge is 2.08. The third-order valence-corrected chi connectivity index (χ3v) is 4.05. The summed E-state index contributed by atoms with van der Waals surface area (Å²) in [4.78, 5) is 23.8. The molecule has 2 aromatic carbocycles. The van der Waals surface area contributed by atoms with Gasteiger partial charge in [-0.05, 0) is 55.3 Å². The lowest BCUT2D eigenvalue weighted by atomic mass is 10.2. The zero-order chi connectivity index (χ0) is 21.8. The van der Waals surface area contributed by atoms with Crippen LogP contribution >= 0.6 is 11.6 Å². The zero-order valence-electron chi connectivity index (χ0n) is 17.1. The minimum Gasteiger partial charge on any atom is -0.490 e. The molecule has 160 valence electrons. The Balaban J connectivity index is 1.82. The Morgan fingerprint density at radius 3 is 2.57 bits per heavy atom. The molecule has 0 fully saturated rings. The normalized spacial score (nSPS) is 10.6. The first-order chi connectivity index (χ1) is 14.5. The topological polar surface area (TPSA) is 89.0 Å². The molecule has 0 aliphatic heterocycles. The van der Waals surface area contributed by atoms with Crippen LogP contribution in [-0.2, 0) is 9.59 Å². The highest BCUT2D eigenvalue weighted by molar-refractivity contribution is 6.30. The van der Waals surface area contributed by atoms with Gasteiger partial charge in [0, 0.05) is 23.6 Å². The van der Waals surface area contributed by atoms with Crippen LogP contribution in [0.4, 0.5) is 5.69 Å². The highest BCUT2D eigenvalue weighted by atomic mass is 35.5. The summed E-state index contributed by atoms with van der Waals surface area (Å²) in [7, 11) is 0. The molecular formula is C22H26ClN3O4. The number of amides is 2. The fourth-order valence-corrected chi connectivity index (χ4v) is 2.65. The summed E-state index contributed by atoms with van der Waals surface area (Å²) >= 11 is 5.88. The van der Waals surface area contributed by atoms with Gasteiger partial charge in [-0.3, -0.25) is 9.59 Å². The van der Waals surface area contributed by atoms with Gasteiger partial charge in [0.15, 0.2) is 11.5 Å². The smallest absolute Gasteiger partial charge is 0.240 e. The van der Waals surface area contributed by atoms with Gasteiger partial charge in [0.1, 0.15) is 0 Å². The summed E-state index contributed by atoms with van der Waals surface area (Å²) in [5, 5.41) is 7.15. The van der Waals surface area contributed by atoms with Gasteiger partial charge >= 0.3 is 0 Å². The highest BCUT2D eigenvalue weighted by Crippen LogP contribution is 2.28. The number of nitrogens with one attached hydrogen (secondary N) is 2. The fraction of sp³-hybridized carbons (Fsp3) is 0.318. The second-order valence-corrected chi connectivity index (χ2v) is 6.78. The van der Waals surface area contributed by atoms with Crippen LogP contribution in [0.5, 0.6) is 11.5 Å². The van der Waals surface area contributed by atoms with E-state index in [1.807, 2.05) is 26.0 Å². The van der Waals surface area contributed by atoms with E-state index in [-0.39, 0.29) is 24.7 Å². The molecule has 0 aliphatic rings. The standard InChI is InChI=1S/C22H26ClN3O4/c1-3-12-30-19-9-8-16(13-20(19)29-4-2)15-24-26-22(28)11-10-21(27)25-18-7-5-6-17(23)14-18/h5-9,13-15H,3-4,10-12H2,1-2H3,(H,25,27)(H,26,28). The van der Waals surface area contributed by atoms with Crippen LogP contribution in [0, 0.1) is 0 Å². The Morgan fingerprint density at radius 1 is 1.03 bits per heavy atom. The van der Waals surface area contributed by atoms with Crippen molar-refractivity contribution in [3.63, 3.8) is 0 Å². The van der Waals surface area contributed by atoms with Gasteiger partial charge in [-0.1, -0.05) is 24.6 Å². The fourth-order valence-electron chi connectivity index (χ4n) is 2.46. The number of hydrazone groups is 1. The van der Waals surface area contributed by atoms with E-state index in [1.165, 1.54) is 6.21 Å². The number of ether oxygens (including phenoxy) is 2. The van der Waals surface area contributed by atoms with E-state index in [0.717, 1.165) is 12.0 Å². The van der Waals surface area contributed by atoms with Gasteiger partial charge in [0.25, 0.3) is 0 Å². The van der Waals surface area contributed by atoms with Crippen molar-refractivity contribution in [3.8, 4) is 11.5 Å². The van der Waals surface area contributed by atoms with Crippen LogP contribution in [0.2, 0.25) is 5.02 Å². The maximum absolute atomic E-state index is 11.9. The molecule has 0 aromatic heterocycles. The molecular weight excluding hydrogens is 406 g/mol. The van der Waals surface area contributed by atoms with E-state index in [2.05, 4.69) is 15.8 Å². The van der Waals surface area contributed by atoms with Crippen molar-refractivity contribution < 1.29 is 19.1 Å². The number of anilines is 1. The van der Waals surface area contributed by atoms with E-state index < -0.39 is 0 Å². The number of benzene rings is 2. The first kappa shape index (κ1) is 23.2.